The second-order valence-electron chi connectivity index (χ2n) is 4.81. The van der Waals surface area contributed by atoms with E-state index in [9.17, 15) is 18.5 Å². The Morgan fingerprint density at radius 1 is 1.55 bits per heavy atom. The first-order chi connectivity index (χ1) is 9.56. The number of pyridine rings is 1. The minimum atomic E-state index is -0.986. The average molecular weight is 285 g/mol. The van der Waals surface area contributed by atoms with E-state index in [1.807, 2.05) is 0 Å². The molecule has 2 heterocycles. The number of halogens is 2. The number of aromatic nitrogens is 1. The van der Waals surface area contributed by atoms with Crippen LogP contribution in [0, 0.1) is 0 Å². The standard InChI is InChI=1S/C13H17F2N3O2/c1-2-10-11(16-15)4-6-18(13(10)20)8-12(19)17-5-3-9(14)7-17/h4,6,9,16H,2-3,5,7-8H2,1H3. The maximum atomic E-state index is 13.1. The molecule has 7 heteroatoms. The van der Waals surface area contributed by atoms with Crippen molar-refractivity contribution in [3.8, 4) is 0 Å². The molecule has 0 radical (unpaired) electrons. The van der Waals surface area contributed by atoms with Crippen LogP contribution in [0.3, 0.4) is 0 Å². The highest BCUT2D eigenvalue weighted by molar-refractivity contribution is 5.76. The zero-order chi connectivity index (χ0) is 14.7. The molecule has 5 nitrogen and oxygen atoms in total. The Morgan fingerprint density at radius 3 is 2.85 bits per heavy atom. The van der Waals surface area contributed by atoms with E-state index in [0.29, 0.717) is 19.4 Å². The summed E-state index contributed by atoms with van der Waals surface area (Å²) in [5.74, 6) is -0.296. The van der Waals surface area contributed by atoms with Crippen LogP contribution in [0.4, 0.5) is 14.6 Å². The lowest BCUT2D eigenvalue weighted by molar-refractivity contribution is -0.131. The molecule has 1 atom stereocenters. The molecule has 1 fully saturated rings. The summed E-state index contributed by atoms with van der Waals surface area (Å²) in [4.78, 5) is 25.5. The van der Waals surface area contributed by atoms with Crippen molar-refractivity contribution in [2.75, 3.05) is 18.6 Å². The molecule has 1 amide bonds. The van der Waals surface area contributed by atoms with E-state index < -0.39 is 11.7 Å². The van der Waals surface area contributed by atoms with Crippen LogP contribution in [0.5, 0.6) is 0 Å². The minimum Gasteiger partial charge on any atom is -0.338 e. The number of rotatable bonds is 4. The monoisotopic (exact) mass is 285 g/mol. The lowest BCUT2D eigenvalue weighted by atomic mass is 10.2. The quantitative estimate of drug-likeness (QED) is 0.848. The van der Waals surface area contributed by atoms with Gasteiger partial charge >= 0.3 is 0 Å². The van der Waals surface area contributed by atoms with Gasteiger partial charge in [-0.05, 0) is 18.9 Å². The Kier molecular flexibility index (Phi) is 4.36. The van der Waals surface area contributed by atoms with E-state index in [1.165, 1.54) is 27.3 Å². The number of likely N-dealkylation sites (tertiary alicyclic amines) is 1. The molecule has 0 saturated carbocycles. The summed E-state index contributed by atoms with van der Waals surface area (Å²) in [6, 6.07) is 1.41. The average Bonchev–Trinajstić information content (AvgIpc) is 2.87. The molecular formula is C13H17F2N3O2. The fourth-order valence-corrected chi connectivity index (χ4v) is 2.37. The van der Waals surface area contributed by atoms with Gasteiger partial charge in [0.1, 0.15) is 12.7 Å². The summed E-state index contributed by atoms with van der Waals surface area (Å²) in [7, 11) is 0. The van der Waals surface area contributed by atoms with Gasteiger partial charge in [0.25, 0.3) is 5.56 Å². The van der Waals surface area contributed by atoms with Gasteiger partial charge in [0.15, 0.2) is 0 Å². The van der Waals surface area contributed by atoms with Crippen LogP contribution in [0.2, 0.25) is 0 Å². The Morgan fingerprint density at radius 2 is 2.30 bits per heavy atom. The summed E-state index contributed by atoms with van der Waals surface area (Å²) in [5.41, 5.74) is 1.47. The van der Waals surface area contributed by atoms with Gasteiger partial charge in [-0.15, -0.1) is 4.48 Å². The Balaban J connectivity index is 2.18. The van der Waals surface area contributed by atoms with Crippen LogP contribution >= 0.6 is 0 Å². The minimum absolute atomic E-state index is 0.0817. The smallest absolute Gasteiger partial charge is 0.256 e. The van der Waals surface area contributed by atoms with Crippen molar-refractivity contribution in [3.63, 3.8) is 0 Å². The topological polar surface area (TPSA) is 54.3 Å². The van der Waals surface area contributed by atoms with Gasteiger partial charge in [0, 0.05) is 18.3 Å². The van der Waals surface area contributed by atoms with Gasteiger partial charge in [-0.25, -0.2) is 9.93 Å². The van der Waals surface area contributed by atoms with E-state index in [2.05, 4.69) is 0 Å². The first-order valence-electron chi connectivity index (χ1n) is 6.57. The van der Waals surface area contributed by atoms with E-state index in [0.717, 1.165) is 0 Å². The second kappa shape index (κ2) is 6.02. The fraction of sp³-hybridized carbons (Fsp3) is 0.538. The lowest BCUT2D eigenvalue weighted by Gasteiger charge is -2.16. The third kappa shape index (κ3) is 2.81. The number of amides is 1. The van der Waals surface area contributed by atoms with Crippen molar-refractivity contribution < 1.29 is 13.7 Å². The van der Waals surface area contributed by atoms with Crippen molar-refractivity contribution in [2.45, 2.75) is 32.5 Å². The third-order valence-electron chi connectivity index (χ3n) is 3.51. The number of anilines is 1. The summed E-state index contributed by atoms with van der Waals surface area (Å²) in [5, 5.41) is 0. The first kappa shape index (κ1) is 14.5. The highest BCUT2D eigenvalue weighted by atomic mass is 19.2. The van der Waals surface area contributed by atoms with E-state index >= 15 is 0 Å². The first-order valence-corrected chi connectivity index (χ1v) is 6.57. The Hall–Kier alpha value is -1.92. The van der Waals surface area contributed by atoms with Gasteiger partial charge in [-0.2, -0.15) is 0 Å². The molecular weight excluding hydrogens is 268 g/mol. The van der Waals surface area contributed by atoms with Gasteiger partial charge in [-0.1, -0.05) is 6.92 Å². The summed E-state index contributed by atoms with van der Waals surface area (Å²) < 4.78 is 26.8. The Bertz CT molecular complexity index is 559. The summed E-state index contributed by atoms with van der Waals surface area (Å²) in [6.07, 6.45) is 1.08. The molecule has 0 bridgehead atoms. The normalized spacial score (nSPS) is 18.4. The van der Waals surface area contributed by atoms with Crippen molar-refractivity contribution in [1.82, 2.24) is 9.47 Å². The number of carbonyl (C=O) groups excluding carboxylic acids is 1. The molecule has 1 aliphatic heterocycles. The highest BCUT2D eigenvalue weighted by Gasteiger charge is 2.26. The van der Waals surface area contributed by atoms with Crippen LogP contribution < -0.4 is 11.1 Å². The van der Waals surface area contributed by atoms with E-state index in [4.69, 9.17) is 0 Å². The number of carbonyl (C=O) groups is 1. The molecule has 1 saturated heterocycles. The van der Waals surface area contributed by atoms with Crippen LogP contribution in [0.15, 0.2) is 17.1 Å². The molecule has 0 spiro atoms. The molecule has 1 aromatic heterocycles. The van der Waals surface area contributed by atoms with Crippen LogP contribution in [0.1, 0.15) is 18.9 Å². The van der Waals surface area contributed by atoms with E-state index in [1.54, 1.807) is 6.92 Å². The molecule has 1 unspecified atom stereocenters. The zero-order valence-corrected chi connectivity index (χ0v) is 11.2. The van der Waals surface area contributed by atoms with Crippen molar-refractivity contribution in [2.24, 2.45) is 0 Å². The largest absolute Gasteiger partial charge is 0.338 e. The maximum absolute atomic E-state index is 13.1. The van der Waals surface area contributed by atoms with Crippen molar-refractivity contribution in [3.05, 3.63) is 28.2 Å². The Labute approximate surface area is 115 Å². The molecule has 2 rings (SSSR count). The third-order valence-corrected chi connectivity index (χ3v) is 3.51. The number of hydrogen-bond donors (Lipinski definition) is 1. The summed E-state index contributed by atoms with van der Waals surface area (Å²) >= 11 is 0. The van der Waals surface area contributed by atoms with Gasteiger partial charge in [0.05, 0.1) is 12.2 Å². The molecule has 20 heavy (non-hydrogen) atoms. The van der Waals surface area contributed by atoms with Crippen LogP contribution in [0.25, 0.3) is 0 Å². The highest BCUT2D eigenvalue weighted by Crippen LogP contribution is 2.14. The number of hydrogen-bond acceptors (Lipinski definition) is 3. The molecule has 0 aliphatic carbocycles. The molecule has 1 N–H and O–H groups in total. The SMILES string of the molecule is CCc1c(NF)ccn(CC(=O)N2CCC(F)C2)c1=O. The zero-order valence-electron chi connectivity index (χ0n) is 11.2. The number of nitrogens with one attached hydrogen (secondary N) is 1. The fourth-order valence-electron chi connectivity index (χ4n) is 2.37. The number of nitrogens with zero attached hydrogens (tertiary/aromatic N) is 2. The van der Waals surface area contributed by atoms with Crippen LogP contribution in [-0.2, 0) is 17.8 Å². The molecule has 1 aromatic rings. The molecule has 1 aliphatic rings. The lowest BCUT2D eigenvalue weighted by Crippen LogP contribution is -2.36. The van der Waals surface area contributed by atoms with Gasteiger partial charge < -0.3 is 9.47 Å². The maximum Gasteiger partial charge on any atom is 0.256 e. The predicted molar refractivity (Wildman–Crippen MR) is 70.9 cm³/mol. The van der Waals surface area contributed by atoms with Crippen molar-refractivity contribution in [1.29, 1.82) is 0 Å². The van der Waals surface area contributed by atoms with Crippen molar-refractivity contribution >= 4 is 11.6 Å². The van der Waals surface area contributed by atoms with Crippen LogP contribution in [-0.4, -0.2) is 34.6 Å². The molecule has 110 valence electrons. The second-order valence-corrected chi connectivity index (χ2v) is 4.81. The van der Waals surface area contributed by atoms with E-state index in [-0.39, 0.29) is 30.2 Å². The molecule has 0 aromatic carbocycles. The summed E-state index contributed by atoms with van der Waals surface area (Å²) in [6.45, 7) is 2.04. The van der Waals surface area contributed by atoms with Gasteiger partial charge in [-0.3, -0.25) is 9.59 Å². The van der Waals surface area contributed by atoms with Gasteiger partial charge in [0.2, 0.25) is 5.91 Å². The predicted octanol–water partition coefficient (Wildman–Crippen LogP) is 1.28. The number of alkyl halides is 1.